The van der Waals surface area contributed by atoms with Gasteiger partial charge >= 0.3 is 0 Å². The number of aromatic nitrogens is 2. The third kappa shape index (κ3) is 2.47. The Bertz CT molecular complexity index is 768. The maximum atomic E-state index is 6.11. The Balaban J connectivity index is 1.92. The topological polar surface area (TPSA) is 26.5 Å². The van der Waals surface area contributed by atoms with E-state index in [-0.39, 0.29) is 0 Å². The van der Waals surface area contributed by atoms with E-state index >= 15 is 0 Å². The van der Waals surface area contributed by atoms with Gasteiger partial charge in [-0.1, -0.05) is 23.7 Å². The molecule has 5 heteroatoms. The van der Waals surface area contributed by atoms with Crippen molar-refractivity contribution in [1.29, 1.82) is 0 Å². The highest BCUT2D eigenvalue weighted by Gasteiger charge is 2.11. The van der Waals surface area contributed by atoms with Crippen LogP contribution in [0.5, 0.6) is 5.75 Å². The van der Waals surface area contributed by atoms with Gasteiger partial charge in [-0.25, -0.2) is 4.98 Å². The maximum Gasteiger partial charge on any atom is 0.207 e. The molecule has 1 aromatic carbocycles. The van der Waals surface area contributed by atoms with Crippen LogP contribution in [-0.2, 0) is 6.61 Å². The third-order valence-electron chi connectivity index (χ3n) is 3.03. The van der Waals surface area contributed by atoms with Gasteiger partial charge in [-0.3, -0.25) is 4.40 Å². The van der Waals surface area contributed by atoms with Crippen LogP contribution in [-0.4, -0.2) is 9.38 Å². The summed E-state index contributed by atoms with van der Waals surface area (Å²) < 4.78 is 7.55. The summed E-state index contributed by atoms with van der Waals surface area (Å²) in [6, 6.07) is 11.4. The molecule has 3 rings (SSSR count). The largest absolute Gasteiger partial charge is 0.486 e. The first kappa shape index (κ1) is 13.3. The molecule has 0 N–H and O–H groups in total. The van der Waals surface area contributed by atoms with Gasteiger partial charge in [0.25, 0.3) is 0 Å². The summed E-state index contributed by atoms with van der Waals surface area (Å²) in [7, 11) is 0. The molecule has 0 aliphatic rings. The number of ether oxygens (including phenoxy) is 1. The molecule has 0 radical (unpaired) electrons. The zero-order valence-electron chi connectivity index (χ0n) is 10.8. The third-order valence-corrected chi connectivity index (χ3v) is 3.61. The van der Waals surface area contributed by atoms with Gasteiger partial charge in [0.05, 0.1) is 10.5 Å². The van der Waals surface area contributed by atoms with Gasteiger partial charge in [-0.15, -0.1) is 0 Å². The molecule has 0 amide bonds. The average Bonchev–Trinajstić information content (AvgIpc) is 2.74. The fraction of sp³-hybridized carbons (Fsp3) is 0.133. The van der Waals surface area contributed by atoms with Crippen LogP contribution >= 0.6 is 23.2 Å². The minimum Gasteiger partial charge on any atom is -0.486 e. The number of benzene rings is 1. The molecule has 3 nitrogen and oxygen atoms in total. The quantitative estimate of drug-likeness (QED) is 0.711. The van der Waals surface area contributed by atoms with Crippen LogP contribution in [0, 0.1) is 6.92 Å². The van der Waals surface area contributed by atoms with Crippen LogP contribution in [0.1, 0.15) is 11.3 Å². The summed E-state index contributed by atoms with van der Waals surface area (Å²) in [6.07, 6.45) is 1.90. The van der Waals surface area contributed by atoms with Crippen molar-refractivity contribution in [1.82, 2.24) is 9.38 Å². The molecule has 3 aromatic rings. The van der Waals surface area contributed by atoms with Crippen LogP contribution in [0.2, 0.25) is 10.3 Å². The maximum absolute atomic E-state index is 6.11. The number of para-hydroxylation sites is 1. The molecule has 0 saturated carbocycles. The summed E-state index contributed by atoms with van der Waals surface area (Å²) >= 11 is 12.2. The highest BCUT2D eigenvalue weighted by Crippen LogP contribution is 2.25. The molecule has 2 aromatic heterocycles. The lowest BCUT2D eigenvalue weighted by molar-refractivity contribution is 0.303. The van der Waals surface area contributed by atoms with Gasteiger partial charge in [0.2, 0.25) is 5.28 Å². The minimum absolute atomic E-state index is 0.323. The average molecular weight is 307 g/mol. The molecule has 0 bridgehead atoms. The molecule has 0 fully saturated rings. The molecule has 0 unspecified atom stereocenters. The fourth-order valence-corrected chi connectivity index (χ4v) is 2.47. The van der Waals surface area contributed by atoms with Crippen molar-refractivity contribution in [2.75, 3.05) is 0 Å². The van der Waals surface area contributed by atoms with Crippen molar-refractivity contribution in [2.24, 2.45) is 0 Å². The Morgan fingerprint density at radius 1 is 1.20 bits per heavy atom. The summed E-state index contributed by atoms with van der Waals surface area (Å²) in [5.74, 6) is 0.638. The van der Waals surface area contributed by atoms with Gasteiger partial charge < -0.3 is 4.74 Å². The number of halogens is 2. The Kier molecular flexibility index (Phi) is 3.55. The predicted molar refractivity (Wildman–Crippen MR) is 80.7 cm³/mol. The lowest BCUT2D eigenvalue weighted by Crippen LogP contribution is -1.97. The normalized spacial score (nSPS) is 10.9. The number of hydrogen-bond donors (Lipinski definition) is 0. The molecule has 102 valence electrons. The van der Waals surface area contributed by atoms with E-state index < -0.39 is 0 Å². The molecule has 0 aliphatic heterocycles. The van der Waals surface area contributed by atoms with Gasteiger partial charge in [-0.05, 0) is 48.4 Å². The highest BCUT2D eigenvalue weighted by molar-refractivity contribution is 6.32. The second-order valence-electron chi connectivity index (χ2n) is 4.51. The van der Waals surface area contributed by atoms with E-state index in [4.69, 9.17) is 27.9 Å². The van der Waals surface area contributed by atoms with E-state index in [0.717, 1.165) is 16.8 Å². The van der Waals surface area contributed by atoms with Crippen molar-refractivity contribution in [3.8, 4) is 5.75 Å². The first-order valence-corrected chi connectivity index (χ1v) is 6.91. The molecular formula is C15H12Cl2N2O. The number of fused-ring (bicyclic) bond motifs is 1. The van der Waals surface area contributed by atoms with Crippen molar-refractivity contribution < 1.29 is 4.74 Å². The van der Waals surface area contributed by atoms with Gasteiger partial charge in [0.1, 0.15) is 18.1 Å². The number of pyridine rings is 1. The van der Waals surface area contributed by atoms with E-state index in [1.165, 1.54) is 0 Å². The zero-order valence-corrected chi connectivity index (χ0v) is 12.3. The Morgan fingerprint density at radius 2 is 2.00 bits per heavy atom. The van der Waals surface area contributed by atoms with Gasteiger partial charge in [0.15, 0.2) is 0 Å². The molecular weight excluding hydrogens is 295 g/mol. The molecule has 0 aliphatic carbocycles. The minimum atomic E-state index is 0.323. The van der Waals surface area contributed by atoms with Gasteiger partial charge in [0, 0.05) is 6.20 Å². The van der Waals surface area contributed by atoms with Crippen LogP contribution in [0.25, 0.3) is 5.52 Å². The number of rotatable bonds is 3. The molecule has 2 heterocycles. The van der Waals surface area contributed by atoms with Crippen molar-refractivity contribution in [3.63, 3.8) is 0 Å². The van der Waals surface area contributed by atoms with Crippen molar-refractivity contribution >= 4 is 28.7 Å². The van der Waals surface area contributed by atoms with Crippen LogP contribution in [0.3, 0.4) is 0 Å². The second-order valence-corrected chi connectivity index (χ2v) is 5.25. The predicted octanol–water partition coefficient (Wildman–Crippen LogP) is 4.53. The first-order valence-electron chi connectivity index (χ1n) is 6.15. The van der Waals surface area contributed by atoms with Crippen molar-refractivity contribution in [3.05, 3.63) is 64.2 Å². The Hall–Kier alpha value is -1.71. The monoisotopic (exact) mass is 306 g/mol. The summed E-state index contributed by atoms with van der Waals surface area (Å²) in [6.45, 7) is 2.35. The highest BCUT2D eigenvalue weighted by atomic mass is 35.5. The summed E-state index contributed by atoms with van der Waals surface area (Å²) in [5.41, 5.74) is 2.88. The van der Waals surface area contributed by atoms with E-state index in [1.807, 2.05) is 47.9 Å². The number of hydrogen-bond acceptors (Lipinski definition) is 2. The van der Waals surface area contributed by atoms with E-state index in [2.05, 4.69) is 4.98 Å². The van der Waals surface area contributed by atoms with Crippen LogP contribution in [0.4, 0.5) is 0 Å². The molecule has 0 atom stereocenters. The van der Waals surface area contributed by atoms with E-state index in [0.29, 0.717) is 22.7 Å². The number of imidazole rings is 1. The summed E-state index contributed by atoms with van der Waals surface area (Å²) in [5, 5.41) is 1.01. The lowest BCUT2D eigenvalue weighted by Gasteiger charge is -2.06. The van der Waals surface area contributed by atoms with Crippen LogP contribution in [0.15, 0.2) is 42.6 Å². The number of aryl methyl sites for hydroxylation is 1. The van der Waals surface area contributed by atoms with Crippen molar-refractivity contribution in [2.45, 2.75) is 13.5 Å². The van der Waals surface area contributed by atoms with Crippen LogP contribution < -0.4 is 4.74 Å². The smallest absolute Gasteiger partial charge is 0.207 e. The Labute approximate surface area is 126 Å². The lowest BCUT2D eigenvalue weighted by atomic mass is 10.2. The number of nitrogens with zero attached hydrogens (tertiary/aromatic N) is 2. The zero-order chi connectivity index (χ0) is 14.1. The van der Waals surface area contributed by atoms with Gasteiger partial charge in [-0.2, -0.15) is 0 Å². The van der Waals surface area contributed by atoms with E-state index in [9.17, 15) is 0 Å². The molecule has 20 heavy (non-hydrogen) atoms. The fourth-order valence-electron chi connectivity index (χ4n) is 2.03. The second kappa shape index (κ2) is 5.35. The molecule has 0 spiro atoms. The van der Waals surface area contributed by atoms with E-state index in [1.54, 1.807) is 6.07 Å². The molecule has 0 saturated heterocycles. The SMILES string of the molecule is Cc1ccn2c(Cl)nc(COc3ccccc3Cl)c2c1. The standard InChI is InChI=1S/C15H12Cl2N2O/c1-10-6-7-19-13(8-10)12(18-15(19)17)9-20-14-5-3-2-4-11(14)16/h2-8H,9H2,1H3. The Morgan fingerprint density at radius 3 is 2.80 bits per heavy atom. The summed E-state index contributed by atoms with van der Waals surface area (Å²) in [4.78, 5) is 4.34. The first-order chi connectivity index (χ1) is 9.65.